The Morgan fingerprint density at radius 1 is 1.41 bits per heavy atom. The Balaban J connectivity index is 2.26. The Bertz CT molecular complexity index is 495. The third kappa shape index (κ3) is 2.61. The van der Waals surface area contributed by atoms with E-state index >= 15 is 0 Å². The zero-order valence-corrected chi connectivity index (χ0v) is 10.3. The Morgan fingerprint density at radius 3 is 2.88 bits per heavy atom. The van der Waals surface area contributed by atoms with Crippen LogP contribution in [0, 0.1) is 6.92 Å². The smallest absolute Gasteiger partial charge is 0.153 e. The monoisotopic (exact) mass is 232 g/mol. The Kier molecular flexibility index (Phi) is 3.37. The van der Waals surface area contributed by atoms with Crippen LogP contribution in [0.4, 0.5) is 0 Å². The lowest BCUT2D eigenvalue weighted by atomic mass is 10.3. The molecule has 1 aromatic carbocycles. The summed E-state index contributed by atoms with van der Waals surface area (Å²) in [5.74, 6) is 1.59. The fraction of sp³-hybridized carbons (Fsp3) is 0.417. The van der Waals surface area contributed by atoms with E-state index in [1.165, 1.54) is 0 Å². The van der Waals surface area contributed by atoms with E-state index < -0.39 is 0 Å². The van der Waals surface area contributed by atoms with E-state index in [1.54, 1.807) is 4.68 Å². The van der Waals surface area contributed by atoms with Gasteiger partial charge in [-0.05, 0) is 42.8 Å². The first-order valence-electron chi connectivity index (χ1n) is 5.72. The van der Waals surface area contributed by atoms with Gasteiger partial charge in [0, 0.05) is 6.07 Å². The van der Waals surface area contributed by atoms with Crippen LogP contribution in [0.2, 0.25) is 0 Å². The van der Waals surface area contributed by atoms with Gasteiger partial charge in [0.25, 0.3) is 0 Å². The molecular weight excluding hydrogens is 216 g/mol. The lowest BCUT2D eigenvalue weighted by Gasteiger charge is -2.13. The molecule has 2 aromatic rings. The van der Waals surface area contributed by atoms with Gasteiger partial charge in [0.2, 0.25) is 0 Å². The minimum absolute atomic E-state index is 0.209. The fourth-order valence-corrected chi connectivity index (χ4v) is 1.47. The van der Waals surface area contributed by atoms with E-state index in [0.29, 0.717) is 0 Å². The molecule has 1 atom stereocenters. The molecule has 1 heterocycles. The number of hydrogen-bond donors (Lipinski definition) is 0. The molecule has 1 aromatic heterocycles. The van der Waals surface area contributed by atoms with Crippen molar-refractivity contribution < 1.29 is 4.74 Å². The van der Waals surface area contributed by atoms with Crippen LogP contribution in [0.15, 0.2) is 24.3 Å². The van der Waals surface area contributed by atoms with Gasteiger partial charge in [0.05, 0.1) is 11.8 Å². The highest BCUT2D eigenvalue weighted by molar-refractivity contribution is 5.38. The summed E-state index contributed by atoms with van der Waals surface area (Å²) < 4.78 is 7.44. The molecule has 0 radical (unpaired) electrons. The number of hydrogen-bond acceptors (Lipinski definition) is 4. The molecule has 0 aliphatic rings. The van der Waals surface area contributed by atoms with Crippen molar-refractivity contribution in [2.24, 2.45) is 0 Å². The molecule has 0 bridgehead atoms. The third-order valence-corrected chi connectivity index (χ3v) is 2.60. The van der Waals surface area contributed by atoms with Crippen molar-refractivity contribution >= 4 is 0 Å². The van der Waals surface area contributed by atoms with Crippen molar-refractivity contribution in [3.63, 3.8) is 0 Å². The first-order valence-corrected chi connectivity index (χ1v) is 5.72. The van der Waals surface area contributed by atoms with Crippen LogP contribution in [0.5, 0.6) is 5.75 Å². The molecular formula is C12H16N4O. The van der Waals surface area contributed by atoms with E-state index in [2.05, 4.69) is 29.4 Å². The fourth-order valence-electron chi connectivity index (χ4n) is 1.47. The van der Waals surface area contributed by atoms with E-state index in [1.807, 2.05) is 31.2 Å². The molecule has 0 saturated carbocycles. The van der Waals surface area contributed by atoms with Gasteiger partial charge in [-0.25, -0.2) is 0 Å². The second-order valence-electron chi connectivity index (χ2n) is 3.97. The summed E-state index contributed by atoms with van der Waals surface area (Å²) in [5, 5.41) is 11.4. The summed E-state index contributed by atoms with van der Waals surface area (Å²) in [4.78, 5) is 0. The van der Waals surface area contributed by atoms with Crippen molar-refractivity contribution in [3.05, 3.63) is 30.1 Å². The van der Waals surface area contributed by atoms with Crippen molar-refractivity contribution in [2.45, 2.75) is 33.3 Å². The number of aromatic nitrogens is 4. The lowest BCUT2D eigenvalue weighted by Crippen LogP contribution is -2.10. The summed E-state index contributed by atoms with van der Waals surface area (Å²) in [7, 11) is 0. The highest BCUT2D eigenvalue weighted by Crippen LogP contribution is 2.18. The van der Waals surface area contributed by atoms with Crippen LogP contribution in [-0.4, -0.2) is 26.3 Å². The minimum atomic E-state index is 0.209. The molecule has 90 valence electrons. The quantitative estimate of drug-likeness (QED) is 0.810. The van der Waals surface area contributed by atoms with Crippen molar-refractivity contribution in [1.82, 2.24) is 20.2 Å². The predicted octanol–water partition coefficient (Wildman–Crippen LogP) is 2.15. The predicted molar refractivity (Wildman–Crippen MR) is 64.3 cm³/mol. The second-order valence-corrected chi connectivity index (χ2v) is 3.97. The van der Waals surface area contributed by atoms with Crippen LogP contribution in [0.25, 0.3) is 5.69 Å². The molecule has 1 unspecified atom stereocenters. The summed E-state index contributed by atoms with van der Waals surface area (Å²) >= 11 is 0. The third-order valence-electron chi connectivity index (χ3n) is 2.60. The van der Waals surface area contributed by atoms with Gasteiger partial charge in [0.1, 0.15) is 5.75 Å². The van der Waals surface area contributed by atoms with Gasteiger partial charge in [-0.15, -0.1) is 5.10 Å². The number of benzene rings is 1. The van der Waals surface area contributed by atoms with Crippen LogP contribution >= 0.6 is 0 Å². The van der Waals surface area contributed by atoms with Crippen LogP contribution < -0.4 is 4.74 Å². The van der Waals surface area contributed by atoms with Crippen molar-refractivity contribution in [1.29, 1.82) is 0 Å². The summed E-state index contributed by atoms with van der Waals surface area (Å²) in [6, 6.07) is 7.77. The molecule has 0 aliphatic heterocycles. The topological polar surface area (TPSA) is 52.8 Å². The first kappa shape index (κ1) is 11.6. The van der Waals surface area contributed by atoms with E-state index in [-0.39, 0.29) is 6.10 Å². The van der Waals surface area contributed by atoms with Gasteiger partial charge in [-0.2, -0.15) is 4.68 Å². The summed E-state index contributed by atoms with van der Waals surface area (Å²) in [5.41, 5.74) is 0.910. The number of nitrogens with zero attached hydrogens (tertiary/aromatic N) is 4. The number of rotatable bonds is 4. The average Bonchev–Trinajstić information content (AvgIpc) is 2.75. The Labute approximate surface area is 100 Å². The van der Waals surface area contributed by atoms with Crippen LogP contribution in [0.3, 0.4) is 0 Å². The average molecular weight is 232 g/mol. The maximum absolute atomic E-state index is 5.76. The van der Waals surface area contributed by atoms with Gasteiger partial charge >= 0.3 is 0 Å². The lowest BCUT2D eigenvalue weighted by molar-refractivity contribution is 0.217. The molecule has 0 saturated heterocycles. The Hall–Kier alpha value is -1.91. The molecule has 0 fully saturated rings. The van der Waals surface area contributed by atoms with Crippen LogP contribution in [0.1, 0.15) is 26.1 Å². The van der Waals surface area contributed by atoms with E-state index in [0.717, 1.165) is 23.7 Å². The largest absolute Gasteiger partial charge is 0.491 e. The Morgan fingerprint density at radius 2 is 2.24 bits per heavy atom. The van der Waals surface area contributed by atoms with E-state index in [4.69, 9.17) is 4.74 Å². The highest BCUT2D eigenvalue weighted by atomic mass is 16.5. The van der Waals surface area contributed by atoms with Gasteiger partial charge in [-0.3, -0.25) is 0 Å². The maximum atomic E-state index is 5.76. The molecule has 0 aliphatic carbocycles. The highest BCUT2D eigenvalue weighted by Gasteiger charge is 2.06. The number of ether oxygens (including phenoxy) is 1. The molecule has 2 rings (SSSR count). The maximum Gasteiger partial charge on any atom is 0.153 e. The minimum Gasteiger partial charge on any atom is -0.491 e. The van der Waals surface area contributed by atoms with Crippen molar-refractivity contribution in [3.8, 4) is 11.4 Å². The standard InChI is InChI=1S/C12H16N4O/c1-4-9(2)17-12-7-5-6-11(8-12)16-10(3)13-14-15-16/h5-9H,4H2,1-3H3. The molecule has 17 heavy (non-hydrogen) atoms. The zero-order chi connectivity index (χ0) is 12.3. The molecule has 5 nitrogen and oxygen atoms in total. The molecule has 0 N–H and O–H groups in total. The first-order chi connectivity index (χ1) is 8.20. The normalized spacial score (nSPS) is 12.4. The SMILES string of the molecule is CCC(C)Oc1cccc(-n2nnnc2C)c1. The van der Waals surface area contributed by atoms with Gasteiger partial charge < -0.3 is 4.74 Å². The van der Waals surface area contributed by atoms with Crippen molar-refractivity contribution in [2.75, 3.05) is 0 Å². The zero-order valence-electron chi connectivity index (χ0n) is 10.3. The van der Waals surface area contributed by atoms with Gasteiger partial charge in [-0.1, -0.05) is 13.0 Å². The number of aryl methyl sites for hydroxylation is 1. The van der Waals surface area contributed by atoms with E-state index in [9.17, 15) is 0 Å². The summed E-state index contributed by atoms with van der Waals surface area (Å²) in [6.07, 6.45) is 1.19. The second kappa shape index (κ2) is 4.95. The van der Waals surface area contributed by atoms with Crippen LogP contribution in [-0.2, 0) is 0 Å². The summed E-state index contributed by atoms with van der Waals surface area (Å²) in [6.45, 7) is 6.01. The number of tetrazole rings is 1. The molecule has 0 amide bonds. The molecule has 0 spiro atoms. The van der Waals surface area contributed by atoms with Gasteiger partial charge in [0.15, 0.2) is 5.82 Å². The molecule has 5 heteroatoms.